The van der Waals surface area contributed by atoms with Gasteiger partial charge in [-0.05, 0) is 41.0 Å². The first-order chi connectivity index (χ1) is 15.0. The van der Waals surface area contributed by atoms with Crippen molar-refractivity contribution in [3.8, 4) is 0 Å². The molecule has 6 heteroatoms. The van der Waals surface area contributed by atoms with Gasteiger partial charge in [0, 0.05) is 44.2 Å². The molecule has 1 atom stereocenters. The highest BCUT2D eigenvalue weighted by molar-refractivity contribution is 6.07. The summed E-state index contributed by atoms with van der Waals surface area (Å²) < 4.78 is 13.4. The highest BCUT2D eigenvalue weighted by Crippen LogP contribution is 2.28. The van der Waals surface area contributed by atoms with Gasteiger partial charge < -0.3 is 10.0 Å². The molecule has 1 saturated heterocycles. The molecule has 1 heterocycles. The Morgan fingerprint density at radius 3 is 2.29 bits per heavy atom. The SMILES string of the molecule is O=C(O)CC[C@@H](c1ccc(F)cc1)N1CCN(C(=O)c2cccc3ccccc23)CC1. The number of nitrogens with zero attached hydrogens (tertiary/aromatic N) is 2. The Labute approximate surface area is 180 Å². The summed E-state index contributed by atoms with van der Waals surface area (Å²) in [6.45, 7) is 2.40. The molecule has 0 radical (unpaired) electrons. The van der Waals surface area contributed by atoms with Crippen LogP contribution in [-0.2, 0) is 4.79 Å². The van der Waals surface area contributed by atoms with Crippen LogP contribution >= 0.6 is 0 Å². The largest absolute Gasteiger partial charge is 0.481 e. The maximum atomic E-state index is 13.4. The normalized spacial score (nSPS) is 15.7. The van der Waals surface area contributed by atoms with Crippen molar-refractivity contribution in [1.82, 2.24) is 9.80 Å². The Kier molecular flexibility index (Phi) is 6.28. The van der Waals surface area contributed by atoms with Crippen LogP contribution in [0.2, 0.25) is 0 Å². The fourth-order valence-electron chi connectivity index (χ4n) is 4.32. The van der Waals surface area contributed by atoms with E-state index in [0.29, 0.717) is 38.2 Å². The third-order valence-corrected chi connectivity index (χ3v) is 5.95. The van der Waals surface area contributed by atoms with Crippen LogP contribution in [-0.4, -0.2) is 53.0 Å². The van der Waals surface area contributed by atoms with Crippen molar-refractivity contribution < 1.29 is 19.1 Å². The zero-order valence-corrected chi connectivity index (χ0v) is 17.2. The summed E-state index contributed by atoms with van der Waals surface area (Å²) >= 11 is 0. The number of fused-ring (bicyclic) bond motifs is 1. The number of rotatable bonds is 6. The van der Waals surface area contributed by atoms with Gasteiger partial charge in [-0.2, -0.15) is 0 Å². The second-order valence-electron chi connectivity index (χ2n) is 7.85. The Morgan fingerprint density at radius 1 is 0.903 bits per heavy atom. The van der Waals surface area contributed by atoms with E-state index in [4.69, 9.17) is 5.11 Å². The van der Waals surface area contributed by atoms with Crippen LogP contribution in [0.25, 0.3) is 10.8 Å². The van der Waals surface area contributed by atoms with Crippen LogP contribution in [0.3, 0.4) is 0 Å². The van der Waals surface area contributed by atoms with E-state index >= 15 is 0 Å². The maximum Gasteiger partial charge on any atom is 0.303 e. The van der Waals surface area contributed by atoms with Gasteiger partial charge in [-0.3, -0.25) is 14.5 Å². The van der Waals surface area contributed by atoms with Gasteiger partial charge in [0.2, 0.25) is 0 Å². The molecule has 0 bridgehead atoms. The van der Waals surface area contributed by atoms with E-state index in [1.807, 2.05) is 47.4 Å². The number of benzene rings is 3. The fourth-order valence-corrected chi connectivity index (χ4v) is 4.32. The van der Waals surface area contributed by atoms with E-state index in [0.717, 1.165) is 16.3 Å². The molecule has 0 saturated carbocycles. The van der Waals surface area contributed by atoms with E-state index in [-0.39, 0.29) is 24.2 Å². The number of piperazine rings is 1. The van der Waals surface area contributed by atoms with Crippen molar-refractivity contribution in [2.24, 2.45) is 0 Å². The Hall–Kier alpha value is -3.25. The Balaban J connectivity index is 1.48. The molecule has 0 aliphatic carbocycles. The number of carbonyl (C=O) groups excluding carboxylic acids is 1. The van der Waals surface area contributed by atoms with E-state index in [1.165, 1.54) is 12.1 Å². The summed E-state index contributed by atoms with van der Waals surface area (Å²) in [6, 6.07) is 19.8. The quantitative estimate of drug-likeness (QED) is 0.644. The molecule has 160 valence electrons. The first kappa shape index (κ1) is 21.0. The number of hydrogen-bond acceptors (Lipinski definition) is 3. The third kappa shape index (κ3) is 4.75. The van der Waals surface area contributed by atoms with Gasteiger partial charge in [0.25, 0.3) is 5.91 Å². The molecule has 3 aromatic carbocycles. The standard InChI is InChI=1S/C25H25FN2O3/c26-20-10-8-19(9-11-20)23(12-13-24(29)30)27-14-16-28(17-15-27)25(31)22-7-3-5-18-4-1-2-6-21(18)22/h1-11,23H,12-17H2,(H,29,30)/t23-/m0/s1. The average molecular weight is 420 g/mol. The summed E-state index contributed by atoms with van der Waals surface area (Å²) in [7, 11) is 0. The van der Waals surface area contributed by atoms with E-state index in [9.17, 15) is 14.0 Å². The number of hydrogen-bond donors (Lipinski definition) is 1. The molecule has 4 rings (SSSR count). The lowest BCUT2D eigenvalue weighted by Gasteiger charge is -2.39. The predicted octanol–water partition coefficient (Wildman–Crippen LogP) is 4.34. The highest BCUT2D eigenvalue weighted by atomic mass is 19.1. The summed E-state index contributed by atoms with van der Waals surface area (Å²) in [5.74, 6) is -1.15. The van der Waals surface area contributed by atoms with E-state index in [2.05, 4.69) is 4.90 Å². The van der Waals surface area contributed by atoms with Gasteiger partial charge in [0.15, 0.2) is 0 Å². The van der Waals surface area contributed by atoms with Crippen LogP contribution in [0.1, 0.15) is 34.8 Å². The van der Waals surface area contributed by atoms with Crippen molar-refractivity contribution in [2.45, 2.75) is 18.9 Å². The summed E-state index contributed by atoms with van der Waals surface area (Å²) in [5, 5.41) is 11.1. The summed E-state index contributed by atoms with van der Waals surface area (Å²) in [4.78, 5) is 28.4. The van der Waals surface area contributed by atoms with E-state index in [1.54, 1.807) is 12.1 Å². The van der Waals surface area contributed by atoms with Gasteiger partial charge >= 0.3 is 5.97 Å². The Bertz CT molecular complexity index is 1070. The first-order valence-corrected chi connectivity index (χ1v) is 10.5. The summed E-state index contributed by atoms with van der Waals surface area (Å²) in [6.07, 6.45) is 0.482. The van der Waals surface area contributed by atoms with Crippen LogP contribution in [0, 0.1) is 5.82 Å². The van der Waals surface area contributed by atoms with Crippen LogP contribution in [0.4, 0.5) is 4.39 Å². The minimum Gasteiger partial charge on any atom is -0.481 e. The summed E-state index contributed by atoms with van der Waals surface area (Å²) in [5.41, 5.74) is 1.60. The molecule has 0 spiro atoms. The lowest BCUT2D eigenvalue weighted by atomic mass is 9.99. The smallest absolute Gasteiger partial charge is 0.303 e. The highest BCUT2D eigenvalue weighted by Gasteiger charge is 2.28. The molecular formula is C25H25FN2O3. The maximum absolute atomic E-state index is 13.4. The van der Waals surface area contributed by atoms with Crippen molar-refractivity contribution in [3.63, 3.8) is 0 Å². The molecule has 1 aliphatic rings. The van der Waals surface area contributed by atoms with Gasteiger partial charge in [-0.25, -0.2) is 4.39 Å². The molecule has 31 heavy (non-hydrogen) atoms. The number of halogens is 1. The minimum atomic E-state index is -0.850. The number of carboxylic acid groups (broad SMARTS) is 1. The molecule has 1 fully saturated rings. The number of amides is 1. The van der Waals surface area contributed by atoms with Crippen LogP contribution in [0.15, 0.2) is 66.7 Å². The van der Waals surface area contributed by atoms with Crippen LogP contribution in [0.5, 0.6) is 0 Å². The van der Waals surface area contributed by atoms with Gasteiger partial charge in [-0.15, -0.1) is 0 Å². The zero-order valence-electron chi connectivity index (χ0n) is 17.2. The molecule has 0 unspecified atom stereocenters. The van der Waals surface area contributed by atoms with Crippen LogP contribution < -0.4 is 0 Å². The van der Waals surface area contributed by atoms with Crippen molar-refractivity contribution in [3.05, 3.63) is 83.7 Å². The number of aliphatic carboxylic acids is 1. The number of carboxylic acids is 1. The third-order valence-electron chi connectivity index (χ3n) is 5.95. The lowest BCUT2D eigenvalue weighted by molar-refractivity contribution is -0.137. The molecule has 1 aliphatic heterocycles. The molecule has 1 amide bonds. The van der Waals surface area contributed by atoms with Crippen molar-refractivity contribution >= 4 is 22.6 Å². The second-order valence-corrected chi connectivity index (χ2v) is 7.85. The van der Waals surface area contributed by atoms with E-state index < -0.39 is 5.97 Å². The average Bonchev–Trinajstić information content (AvgIpc) is 2.80. The van der Waals surface area contributed by atoms with Gasteiger partial charge in [0.1, 0.15) is 5.82 Å². The number of carbonyl (C=O) groups is 2. The molecule has 5 nitrogen and oxygen atoms in total. The Morgan fingerprint density at radius 2 is 1.58 bits per heavy atom. The second kappa shape index (κ2) is 9.27. The molecule has 1 N–H and O–H groups in total. The van der Waals surface area contributed by atoms with Gasteiger partial charge in [-0.1, -0.05) is 48.5 Å². The topological polar surface area (TPSA) is 60.9 Å². The predicted molar refractivity (Wildman–Crippen MR) is 117 cm³/mol. The first-order valence-electron chi connectivity index (χ1n) is 10.5. The van der Waals surface area contributed by atoms with Crippen molar-refractivity contribution in [2.75, 3.05) is 26.2 Å². The van der Waals surface area contributed by atoms with Crippen molar-refractivity contribution in [1.29, 1.82) is 0 Å². The van der Waals surface area contributed by atoms with Gasteiger partial charge in [0.05, 0.1) is 0 Å². The fraction of sp³-hybridized carbons (Fsp3) is 0.280. The monoisotopic (exact) mass is 420 g/mol. The lowest BCUT2D eigenvalue weighted by Crippen LogP contribution is -2.49. The molecule has 0 aromatic heterocycles. The minimum absolute atomic E-state index is 0.0142. The zero-order chi connectivity index (χ0) is 21.8. The molecule has 3 aromatic rings. The molecular weight excluding hydrogens is 395 g/mol.